The van der Waals surface area contributed by atoms with Crippen molar-refractivity contribution in [1.82, 2.24) is 4.98 Å². The van der Waals surface area contributed by atoms with Gasteiger partial charge in [0.05, 0.1) is 24.0 Å². The third-order valence-electron chi connectivity index (χ3n) is 3.30. The molecule has 1 saturated heterocycles. The maximum atomic E-state index is 7.58. The highest BCUT2D eigenvalue weighted by Crippen LogP contribution is 2.26. The van der Waals surface area contributed by atoms with Gasteiger partial charge in [0.2, 0.25) is 0 Å². The molecule has 5 nitrogen and oxygen atoms in total. The van der Waals surface area contributed by atoms with Crippen LogP contribution in [0, 0.1) is 5.41 Å². The Bertz CT molecular complexity index is 421. The molecule has 2 heterocycles. The maximum Gasteiger partial charge on any atom is 0.125 e. The largest absolute Gasteiger partial charge is 0.384 e. The van der Waals surface area contributed by atoms with E-state index in [1.54, 1.807) is 18.5 Å². The molecule has 2 atom stereocenters. The molecule has 0 aliphatic carbocycles. The number of nitrogen functional groups attached to an aromatic ring is 1. The molecule has 1 aliphatic rings. The van der Waals surface area contributed by atoms with E-state index in [0.717, 1.165) is 24.3 Å². The van der Waals surface area contributed by atoms with E-state index in [1.165, 1.54) is 0 Å². The molecule has 0 spiro atoms. The Morgan fingerprint density at radius 3 is 3.00 bits per heavy atom. The highest BCUT2D eigenvalue weighted by molar-refractivity contribution is 6.00. The van der Waals surface area contributed by atoms with Gasteiger partial charge in [-0.3, -0.25) is 10.4 Å². The van der Waals surface area contributed by atoms with Crippen LogP contribution in [0.1, 0.15) is 18.9 Å². The number of nitrogens with zero attached hydrogens (tertiary/aromatic N) is 2. The second kappa shape index (κ2) is 4.71. The van der Waals surface area contributed by atoms with Crippen LogP contribution in [0.5, 0.6) is 0 Å². The molecule has 5 heteroatoms. The van der Waals surface area contributed by atoms with Crippen molar-refractivity contribution < 1.29 is 4.74 Å². The Morgan fingerprint density at radius 2 is 2.41 bits per heavy atom. The van der Waals surface area contributed by atoms with Crippen LogP contribution in [0.15, 0.2) is 18.5 Å². The lowest BCUT2D eigenvalue weighted by Gasteiger charge is -2.29. The summed E-state index contributed by atoms with van der Waals surface area (Å²) >= 11 is 0. The SMILES string of the molecule is CC1OCCC1N(C)c1cnccc1C(=N)N. The molecule has 17 heavy (non-hydrogen) atoms. The molecule has 0 saturated carbocycles. The number of nitrogens with one attached hydrogen (secondary N) is 1. The fourth-order valence-corrected chi connectivity index (χ4v) is 2.30. The van der Waals surface area contributed by atoms with Crippen LogP contribution in [0.25, 0.3) is 0 Å². The van der Waals surface area contributed by atoms with Gasteiger partial charge < -0.3 is 15.4 Å². The molecule has 2 rings (SSSR count). The van der Waals surface area contributed by atoms with Gasteiger partial charge in [0.15, 0.2) is 0 Å². The van der Waals surface area contributed by atoms with Crippen molar-refractivity contribution in [2.75, 3.05) is 18.6 Å². The van der Waals surface area contributed by atoms with Crippen LogP contribution in [-0.2, 0) is 4.74 Å². The molecule has 1 aliphatic heterocycles. The van der Waals surface area contributed by atoms with E-state index >= 15 is 0 Å². The highest BCUT2D eigenvalue weighted by Gasteiger charge is 2.29. The Labute approximate surface area is 101 Å². The fraction of sp³-hybridized carbons (Fsp3) is 0.500. The van der Waals surface area contributed by atoms with E-state index in [-0.39, 0.29) is 11.9 Å². The van der Waals surface area contributed by atoms with E-state index in [2.05, 4.69) is 16.8 Å². The lowest BCUT2D eigenvalue weighted by molar-refractivity contribution is 0.118. The van der Waals surface area contributed by atoms with Gasteiger partial charge in [-0.2, -0.15) is 0 Å². The molecule has 3 N–H and O–H groups in total. The Kier molecular flexibility index (Phi) is 3.28. The van der Waals surface area contributed by atoms with Crippen molar-refractivity contribution in [3.8, 4) is 0 Å². The molecule has 1 aromatic rings. The van der Waals surface area contributed by atoms with Gasteiger partial charge in [0.25, 0.3) is 0 Å². The van der Waals surface area contributed by atoms with Gasteiger partial charge in [-0.25, -0.2) is 0 Å². The molecule has 92 valence electrons. The van der Waals surface area contributed by atoms with Crippen molar-refractivity contribution in [2.45, 2.75) is 25.5 Å². The Morgan fingerprint density at radius 1 is 1.65 bits per heavy atom. The summed E-state index contributed by atoms with van der Waals surface area (Å²) in [5.41, 5.74) is 7.20. The number of aromatic nitrogens is 1. The van der Waals surface area contributed by atoms with Crippen LogP contribution in [0.2, 0.25) is 0 Å². The molecule has 0 bridgehead atoms. The van der Waals surface area contributed by atoms with Gasteiger partial charge in [0, 0.05) is 25.4 Å². The van der Waals surface area contributed by atoms with E-state index in [1.807, 2.05) is 7.05 Å². The second-order valence-corrected chi connectivity index (χ2v) is 4.35. The van der Waals surface area contributed by atoms with E-state index < -0.39 is 0 Å². The van der Waals surface area contributed by atoms with Crippen LogP contribution >= 0.6 is 0 Å². The molecular weight excluding hydrogens is 216 g/mol. The summed E-state index contributed by atoms with van der Waals surface area (Å²) in [5.74, 6) is 0.0702. The minimum Gasteiger partial charge on any atom is -0.384 e. The summed E-state index contributed by atoms with van der Waals surface area (Å²) in [6.45, 7) is 2.85. The number of amidine groups is 1. The summed E-state index contributed by atoms with van der Waals surface area (Å²) in [5, 5.41) is 7.58. The first kappa shape index (κ1) is 11.9. The maximum absolute atomic E-state index is 7.58. The summed E-state index contributed by atoms with van der Waals surface area (Å²) in [7, 11) is 2.00. The second-order valence-electron chi connectivity index (χ2n) is 4.35. The highest BCUT2D eigenvalue weighted by atomic mass is 16.5. The zero-order valence-corrected chi connectivity index (χ0v) is 10.2. The standard InChI is InChI=1S/C12H18N4O/c1-8-10(4-6-17-8)16(2)11-7-15-5-3-9(11)12(13)14/h3,5,7-8,10H,4,6H2,1-2H3,(H3,13,14). The normalized spacial score (nSPS) is 23.6. The van der Waals surface area contributed by atoms with Crippen LogP contribution in [0.4, 0.5) is 5.69 Å². The minimum atomic E-state index is 0.0702. The van der Waals surface area contributed by atoms with E-state index in [4.69, 9.17) is 15.9 Å². The van der Waals surface area contributed by atoms with E-state index in [0.29, 0.717) is 6.04 Å². The van der Waals surface area contributed by atoms with Gasteiger partial charge in [0.1, 0.15) is 5.84 Å². The third kappa shape index (κ3) is 2.24. The Balaban J connectivity index is 2.30. The Hall–Kier alpha value is -1.62. The van der Waals surface area contributed by atoms with Gasteiger partial charge in [-0.05, 0) is 19.4 Å². The number of hydrogen-bond donors (Lipinski definition) is 2. The molecule has 1 fully saturated rings. The van der Waals surface area contributed by atoms with Crippen molar-refractivity contribution >= 4 is 11.5 Å². The van der Waals surface area contributed by atoms with Gasteiger partial charge in [-0.15, -0.1) is 0 Å². The zero-order chi connectivity index (χ0) is 12.4. The average molecular weight is 234 g/mol. The topological polar surface area (TPSA) is 75.2 Å². The number of ether oxygens (including phenoxy) is 1. The van der Waals surface area contributed by atoms with Crippen LogP contribution in [0.3, 0.4) is 0 Å². The predicted molar refractivity (Wildman–Crippen MR) is 67.5 cm³/mol. The number of rotatable bonds is 3. The van der Waals surface area contributed by atoms with Crippen LogP contribution < -0.4 is 10.6 Å². The number of hydrogen-bond acceptors (Lipinski definition) is 4. The summed E-state index contributed by atoms with van der Waals surface area (Å²) in [4.78, 5) is 6.22. The minimum absolute atomic E-state index is 0.0702. The van der Waals surface area contributed by atoms with Crippen molar-refractivity contribution in [1.29, 1.82) is 5.41 Å². The smallest absolute Gasteiger partial charge is 0.125 e. The first-order valence-electron chi connectivity index (χ1n) is 5.74. The van der Waals surface area contributed by atoms with Crippen molar-refractivity contribution in [3.05, 3.63) is 24.0 Å². The fourth-order valence-electron chi connectivity index (χ4n) is 2.30. The van der Waals surface area contributed by atoms with Gasteiger partial charge in [-0.1, -0.05) is 0 Å². The van der Waals surface area contributed by atoms with Gasteiger partial charge >= 0.3 is 0 Å². The quantitative estimate of drug-likeness (QED) is 0.604. The molecule has 0 amide bonds. The number of nitrogens with two attached hydrogens (primary N) is 1. The summed E-state index contributed by atoms with van der Waals surface area (Å²) in [6, 6.07) is 2.09. The first-order chi connectivity index (χ1) is 8.11. The molecule has 1 aromatic heterocycles. The van der Waals surface area contributed by atoms with Crippen LogP contribution in [-0.4, -0.2) is 36.6 Å². The van der Waals surface area contributed by atoms with E-state index in [9.17, 15) is 0 Å². The van der Waals surface area contributed by atoms with Crippen molar-refractivity contribution in [3.63, 3.8) is 0 Å². The number of likely N-dealkylation sites (N-methyl/N-ethyl adjacent to an activating group) is 1. The first-order valence-corrected chi connectivity index (χ1v) is 5.74. The molecule has 0 radical (unpaired) electrons. The lowest BCUT2D eigenvalue weighted by Crippen LogP contribution is -2.38. The number of anilines is 1. The molecule has 2 unspecified atom stereocenters. The predicted octanol–water partition coefficient (Wildman–Crippen LogP) is 0.979. The summed E-state index contributed by atoms with van der Waals surface area (Å²) in [6.07, 6.45) is 4.59. The third-order valence-corrected chi connectivity index (χ3v) is 3.30. The molecule has 0 aromatic carbocycles. The average Bonchev–Trinajstić information content (AvgIpc) is 2.74. The monoisotopic (exact) mass is 234 g/mol. The lowest BCUT2D eigenvalue weighted by atomic mass is 10.1. The molecular formula is C12H18N4O. The number of pyridine rings is 1. The summed E-state index contributed by atoms with van der Waals surface area (Å²) < 4.78 is 5.56. The zero-order valence-electron chi connectivity index (χ0n) is 10.2. The van der Waals surface area contributed by atoms with Crippen molar-refractivity contribution in [2.24, 2.45) is 5.73 Å².